The minimum atomic E-state index is 0.290. The fourth-order valence-corrected chi connectivity index (χ4v) is 2.60. The lowest BCUT2D eigenvalue weighted by molar-refractivity contribution is 0.283. The molecule has 0 aromatic carbocycles. The predicted octanol–water partition coefficient (Wildman–Crippen LogP) is 2.25. The number of aliphatic hydroxyl groups excluding tert-OH is 1. The van der Waals surface area contributed by atoms with Crippen LogP contribution in [0.4, 0.5) is 0 Å². The number of unbranched alkanes of at least 4 members (excludes halogenated alkanes) is 1. The largest absolute Gasteiger partial charge is 0.396 e. The summed E-state index contributed by atoms with van der Waals surface area (Å²) in [5.41, 5.74) is 1.13. The number of nitrogens with zero attached hydrogens (tertiary/aromatic N) is 2. The molecule has 1 aliphatic carbocycles. The van der Waals surface area contributed by atoms with Gasteiger partial charge in [0.05, 0.1) is 11.7 Å². The van der Waals surface area contributed by atoms with E-state index in [1.807, 2.05) is 0 Å². The normalized spacial score (nSPS) is 17.2. The topological polar surface area (TPSA) is 50.1 Å². The molecule has 0 bridgehead atoms. The first-order valence-corrected chi connectivity index (χ1v) is 7.26. The average Bonchev–Trinajstić information content (AvgIpc) is 2.88. The molecule has 2 N–H and O–H groups in total. The molecule has 1 saturated carbocycles. The van der Waals surface area contributed by atoms with Crippen molar-refractivity contribution in [1.29, 1.82) is 0 Å². The summed E-state index contributed by atoms with van der Waals surface area (Å²) < 4.78 is 2.16. The van der Waals surface area contributed by atoms with Gasteiger partial charge in [0.25, 0.3) is 0 Å². The molecule has 18 heavy (non-hydrogen) atoms. The van der Waals surface area contributed by atoms with Crippen molar-refractivity contribution in [2.75, 3.05) is 13.2 Å². The summed E-state index contributed by atoms with van der Waals surface area (Å²) in [6.07, 6.45) is 10.7. The summed E-state index contributed by atoms with van der Waals surface area (Å²) >= 11 is 0. The van der Waals surface area contributed by atoms with E-state index in [9.17, 15) is 0 Å². The number of aliphatic hydroxyl groups is 1. The molecular formula is C14H25N3O. The Bertz CT molecular complexity index is 332. The lowest BCUT2D eigenvalue weighted by Crippen LogP contribution is -2.17. The van der Waals surface area contributed by atoms with Crippen LogP contribution < -0.4 is 5.32 Å². The van der Waals surface area contributed by atoms with Crippen LogP contribution >= 0.6 is 0 Å². The first-order valence-electron chi connectivity index (χ1n) is 7.26. The molecule has 1 aromatic rings. The standard InChI is InChI=1S/C14H25N3O/c18-11-5-4-9-15-12-13-8-10-17(16-13)14-6-2-1-3-7-14/h8,10,14-15,18H,1-7,9,11-12H2. The summed E-state index contributed by atoms with van der Waals surface area (Å²) in [6, 6.07) is 2.75. The van der Waals surface area contributed by atoms with Gasteiger partial charge in [0.1, 0.15) is 0 Å². The average molecular weight is 251 g/mol. The van der Waals surface area contributed by atoms with Crippen molar-refractivity contribution in [3.63, 3.8) is 0 Å². The molecule has 0 aliphatic heterocycles. The summed E-state index contributed by atoms with van der Waals surface area (Å²) in [7, 11) is 0. The zero-order chi connectivity index (χ0) is 12.6. The second-order valence-electron chi connectivity index (χ2n) is 5.19. The van der Waals surface area contributed by atoms with Crippen molar-refractivity contribution < 1.29 is 5.11 Å². The van der Waals surface area contributed by atoms with Gasteiger partial charge in [0.2, 0.25) is 0 Å². The Hall–Kier alpha value is -0.870. The first kappa shape index (κ1) is 13.6. The van der Waals surface area contributed by atoms with Gasteiger partial charge < -0.3 is 10.4 Å². The lowest BCUT2D eigenvalue weighted by Gasteiger charge is -2.21. The van der Waals surface area contributed by atoms with Crippen LogP contribution in [0.25, 0.3) is 0 Å². The van der Waals surface area contributed by atoms with Gasteiger partial charge in [-0.25, -0.2) is 0 Å². The maximum atomic E-state index is 8.69. The summed E-state index contributed by atoms with van der Waals surface area (Å²) in [6.45, 7) is 2.08. The van der Waals surface area contributed by atoms with Crippen molar-refractivity contribution in [1.82, 2.24) is 15.1 Å². The smallest absolute Gasteiger partial charge is 0.0762 e. The number of hydrogen-bond donors (Lipinski definition) is 2. The second-order valence-corrected chi connectivity index (χ2v) is 5.19. The highest BCUT2D eigenvalue weighted by Crippen LogP contribution is 2.27. The predicted molar refractivity (Wildman–Crippen MR) is 72.4 cm³/mol. The number of nitrogens with one attached hydrogen (secondary N) is 1. The van der Waals surface area contributed by atoms with Gasteiger partial charge >= 0.3 is 0 Å². The van der Waals surface area contributed by atoms with Crippen molar-refractivity contribution in [2.45, 2.75) is 57.5 Å². The van der Waals surface area contributed by atoms with Crippen LogP contribution in [0.1, 0.15) is 56.7 Å². The quantitative estimate of drug-likeness (QED) is 0.731. The van der Waals surface area contributed by atoms with Crippen LogP contribution in [0, 0.1) is 0 Å². The Morgan fingerprint density at radius 1 is 1.28 bits per heavy atom. The highest BCUT2D eigenvalue weighted by atomic mass is 16.2. The zero-order valence-electron chi connectivity index (χ0n) is 11.1. The molecule has 4 heteroatoms. The molecule has 0 saturated heterocycles. The van der Waals surface area contributed by atoms with Crippen LogP contribution in [0.3, 0.4) is 0 Å². The van der Waals surface area contributed by atoms with Crippen molar-refractivity contribution in [3.8, 4) is 0 Å². The first-order chi connectivity index (χ1) is 8.90. The summed E-state index contributed by atoms with van der Waals surface area (Å²) in [5, 5.41) is 16.7. The third-order valence-electron chi connectivity index (χ3n) is 3.68. The van der Waals surface area contributed by atoms with Crippen molar-refractivity contribution in [2.24, 2.45) is 0 Å². The fourth-order valence-electron chi connectivity index (χ4n) is 2.60. The van der Waals surface area contributed by atoms with E-state index in [0.717, 1.165) is 31.6 Å². The molecule has 0 atom stereocenters. The number of hydrogen-bond acceptors (Lipinski definition) is 3. The van der Waals surface area contributed by atoms with E-state index >= 15 is 0 Å². The third kappa shape index (κ3) is 4.10. The van der Waals surface area contributed by atoms with Gasteiger partial charge in [-0.1, -0.05) is 19.3 Å². The minimum Gasteiger partial charge on any atom is -0.396 e. The van der Waals surface area contributed by atoms with E-state index in [0.29, 0.717) is 6.04 Å². The minimum absolute atomic E-state index is 0.290. The van der Waals surface area contributed by atoms with Crippen molar-refractivity contribution >= 4 is 0 Å². The molecule has 102 valence electrons. The Kier molecular flexibility index (Phi) is 5.68. The highest BCUT2D eigenvalue weighted by Gasteiger charge is 2.15. The Balaban J connectivity index is 1.72. The second kappa shape index (κ2) is 7.54. The van der Waals surface area contributed by atoms with E-state index < -0.39 is 0 Å². The Morgan fingerprint density at radius 2 is 2.11 bits per heavy atom. The monoisotopic (exact) mass is 251 g/mol. The molecule has 1 fully saturated rings. The van der Waals surface area contributed by atoms with E-state index in [2.05, 4.69) is 27.4 Å². The Labute approximate surface area is 109 Å². The molecule has 0 unspecified atom stereocenters. The van der Waals surface area contributed by atoms with Gasteiger partial charge in [-0.3, -0.25) is 4.68 Å². The molecule has 1 aliphatic rings. The van der Waals surface area contributed by atoms with E-state index in [-0.39, 0.29) is 6.61 Å². The molecule has 2 rings (SSSR count). The zero-order valence-corrected chi connectivity index (χ0v) is 11.1. The third-order valence-corrected chi connectivity index (χ3v) is 3.68. The maximum Gasteiger partial charge on any atom is 0.0762 e. The number of rotatable bonds is 7. The highest BCUT2D eigenvalue weighted by molar-refractivity contribution is 4.99. The van der Waals surface area contributed by atoms with E-state index in [1.54, 1.807) is 0 Å². The molecule has 0 amide bonds. The molecule has 1 heterocycles. The molecular weight excluding hydrogens is 226 g/mol. The van der Waals surface area contributed by atoms with Crippen molar-refractivity contribution in [3.05, 3.63) is 18.0 Å². The van der Waals surface area contributed by atoms with Crippen LogP contribution in [-0.4, -0.2) is 28.0 Å². The van der Waals surface area contributed by atoms with Crippen LogP contribution in [-0.2, 0) is 6.54 Å². The molecule has 0 radical (unpaired) electrons. The molecule has 4 nitrogen and oxygen atoms in total. The van der Waals surface area contributed by atoms with Crippen LogP contribution in [0.5, 0.6) is 0 Å². The maximum absolute atomic E-state index is 8.69. The van der Waals surface area contributed by atoms with Crippen LogP contribution in [0.2, 0.25) is 0 Å². The van der Waals surface area contributed by atoms with E-state index in [4.69, 9.17) is 5.11 Å². The fraction of sp³-hybridized carbons (Fsp3) is 0.786. The lowest BCUT2D eigenvalue weighted by atomic mass is 9.96. The van der Waals surface area contributed by atoms with Crippen LogP contribution in [0.15, 0.2) is 12.3 Å². The Morgan fingerprint density at radius 3 is 2.89 bits per heavy atom. The van der Waals surface area contributed by atoms with Gasteiger partial charge in [-0.15, -0.1) is 0 Å². The molecule has 1 aromatic heterocycles. The number of aromatic nitrogens is 2. The van der Waals surface area contributed by atoms with Gasteiger partial charge in [-0.2, -0.15) is 5.10 Å². The van der Waals surface area contributed by atoms with Gasteiger partial charge in [0.15, 0.2) is 0 Å². The summed E-state index contributed by atoms with van der Waals surface area (Å²) in [4.78, 5) is 0. The van der Waals surface area contributed by atoms with Gasteiger partial charge in [0, 0.05) is 19.3 Å². The van der Waals surface area contributed by atoms with E-state index in [1.165, 1.54) is 32.1 Å². The molecule has 0 spiro atoms. The summed E-state index contributed by atoms with van der Waals surface area (Å²) in [5.74, 6) is 0. The van der Waals surface area contributed by atoms with Gasteiger partial charge in [-0.05, 0) is 38.3 Å². The SMILES string of the molecule is OCCCCNCc1ccn(C2CCCCC2)n1.